The zero-order chi connectivity index (χ0) is 13.5. The van der Waals surface area contributed by atoms with E-state index in [-0.39, 0.29) is 0 Å². The maximum absolute atomic E-state index is 11.8. The molecule has 0 radical (unpaired) electrons. The van der Waals surface area contributed by atoms with Crippen molar-refractivity contribution in [2.75, 3.05) is 18.4 Å². The van der Waals surface area contributed by atoms with Crippen LogP contribution in [-0.2, 0) is 4.79 Å². The molecule has 1 aromatic carbocycles. The van der Waals surface area contributed by atoms with Gasteiger partial charge in [0.2, 0.25) is 6.41 Å². The lowest BCUT2D eigenvalue weighted by Crippen LogP contribution is -2.35. The topological polar surface area (TPSA) is 75.4 Å². The second-order valence-electron chi connectivity index (χ2n) is 4.17. The predicted octanol–water partition coefficient (Wildman–Crippen LogP) is 1.64. The van der Waals surface area contributed by atoms with Gasteiger partial charge in [-0.1, -0.05) is 6.07 Å². The molecule has 1 rings (SSSR count). The Labute approximate surface area is 107 Å². The molecule has 0 bridgehead atoms. The molecule has 0 spiro atoms. The lowest BCUT2D eigenvalue weighted by Gasteiger charge is -2.16. The Morgan fingerprint density at radius 2 is 2.11 bits per heavy atom. The molecule has 0 aliphatic rings. The van der Waals surface area contributed by atoms with Crippen LogP contribution in [0.15, 0.2) is 18.2 Å². The molecule has 0 saturated heterocycles. The van der Waals surface area contributed by atoms with Crippen molar-refractivity contribution < 1.29 is 9.59 Å². The van der Waals surface area contributed by atoms with Gasteiger partial charge in [0, 0.05) is 12.2 Å². The molecular weight excluding hydrogens is 230 g/mol. The van der Waals surface area contributed by atoms with Gasteiger partial charge in [0.05, 0.1) is 0 Å². The number of hydrogen-bond acceptors (Lipinski definition) is 3. The van der Waals surface area contributed by atoms with Crippen LogP contribution < -0.4 is 11.1 Å². The molecule has 3 N–H and O–H groups in total. The minimum atomic E-state index is -0.429. The minimum absolute atomic E-state index is 0.330. The summed E-state index contributed by atoms with van der Waals surface area (Å²) in [6.45, 7) is 4.74. The first kappa shape index (κ1) is 14.2. The van der Waals surface area contributed by atoms with Gasteiger partial charge in [-0.25, -0.2) is 4.79 Å². The standard InChI is InChI=1S/C13H19N3O2/c1-10-4-5-12(8-11(10)2)15-13(18)16(9-17)7-3-6-14/h4-5,8-9H,3,6-7,14H2,1-2H3,(H,15,18). The highest BCUT2D eigenvalue weighted by Gasteiger charge is 2.11. The van der Waals surface area contributed by atoms with Gasteiger partial charge in [-0.3, -0.25) is 9.69 Å². The maximum Gasteiger partial charge on any atom is 0.328 e. The van der Waals surface area contributed by atoms with Crippen molar-refractivity contribution in [3.05, 3.63) is 29.3 Å². The van der Waals surface area contributed by atoms with Gasteiger partial charge >= 0.3 is 6.03 Å². The summed E-state index contributed by atoms with van der Waals surface area (Å²) in [4.78, 5) is 23.7. The first-order chi connectivity index (χ1) is 8.58. The Balaban J connectivity index is 2.67. The molecule has 0 atom stereocenters. The number of nitrogens with zero attached hydrogens (tertiary/aromatic N) is 1. The van der Waals surface area contributed by atoms with Crippen molar-refractivity contribution >= 4 is 18.1 Å². The summed E-state index contributed by atoms with van der Waals surface area (Å²) in [7, 11) is 0. The van der Waals surface area contributed by atoms with E-state index in [9.17, 15) is 9.59 Å². The average Bonchev–Trinajstić information content (AvgIpc) is 2.35. The number of nitrogens with two attached hydrogens (primary N) is 1. The summed E-state index contributed by atoms with van der Waals surface area (Å²) in [6, 6.07) is 5.18. The molecule has 0 heterocycles. The number of imide groups is 1. The van der Waals surface area contributed by atoms with E-state index < -0.39 is 6.03 Å². The number of hydrogen-bond donors (Lipinski definition) is 2. The molecule has 0 aliphatic heterocycles. The van der Waals surface area contributed by atoms with Crippen LogP contribution in [0.2, 0.25) is 0 Å². The Bertz CT molecular complexity index is 432. The van der Waals surface area contributed by atoms with Gasteiger partial charge < -0.3 is 11.1 Å². The molecule has 5 nitrogen and oxygen atoms in total. The highest BCUT2D eigenvalue weighted by atomic mass is 16.2. The molecule has 3 amide bonds. The van der Waals surface area contributed by atoms with Gasteiger partial charge in [0.1, 0.15) is 0 Å². The van der Waals surface area contributed by atoms with Crippen LogP contribution in [-0.4, -0.2) is 30.4 Å². The first-order valence-electron chi connectivity index (χ1n) is 5.88. The predicted molar refractivity (Wildman–Crippen MR) is 71.4 cm³/mol. The minimum Gasteiger partial charge on any atom is -0.330 e. The van der Waals surface area contributed by atoms with Crippen LogP contribution in [0, 0.1) is 13.8 Å². The van der Waals surface area contributed by atoms with Crippen LogP contribution in [0.4, 0.5) is 10.5 Å². The third kappa shape index (κ3) is 3.85. The van der Waals surface area contributed by atoms with E-state index in [0.717, 1.165) is 16.0 Å². The first-order valence-corrected chi connectivity index (χ1v) is 5.88. The van der Waals surface area contributed by atoms with E-state index in [2.05, 4.69) is 5.32 Å². The molecule has 0 aliphatic carbocycles. The van der Waals surface area contributed by atoms with Crippen LogP contribution in [0.5, 0.6) is 0 Å². The van der Waals surface area contributed by atoms with Gasteiger partial charge in [0.25, 0.3) is 0 Å². The zero-order valence-corrected chi connectivity index (χ0v) is 10.8. The molecule has 0 fully saturated rings. The Morgan fingerprint density at radius 1 is 1.39 bits per heavy atom. The smallest absolute Gasteiger partial charge is 0.328 e. The molecule has 0 aromatic heterocycles. The summed E-state index contributed by atoms with van der Waals surface area (Å²) < 4.78 is 0. The third-order valence-corrected chi connectivity index (χ3v) is 2.75. The fourth-order valence-corrected chi connectivity index (χ4v) is 1.48. The number of carbonyl (C=O) groups excluding carboxylic acids is 2. The normalized spacial score (nSPS) is 9.94. The molecule has 5 heteroatoms. The molecule has 98 valence electrons. The second kappa shape index (κ2) is 6.76. The number of amides is 3. The lowest BCUT2D eigenvalue weighted by molar-refractivity contribution is -0.115. The number of aryl methyl sites for hydroxylation is 2. The number of anilines is 1. The van der Waals surface area contributed by atoms with Crippen LogP contribution >= 0.6 is 0 Å². The summed E-state index contributed by atoms with van der Waals surface area (Å²) in [5.41, 5.74) is 8.28. The SMILES string of the molecule is Cc1ccc(NC(=O)N(C=O)CCCN)cc1C. The van der Waals surface area contributed by atoms with E-state index in [1.807, 2.05) is 32.0 Å². The molecule has 0 saturated carbocycles. The Hall–Kier alpha value is -1.88. The highest BCUT2D eigenvalue weighted by molar-refractivity contribution is 5.95. The van der Waals surface area contributed by atoms with Crippen molar-refractivity contribution in [1.29, 1.82) is 0 Å². The van der Waals surface area contributed by atoms with Crippen molar-refractivity contribution in [2.24, 2.45) is 5.73 Å². The van der Waals surface area contributed by atoms with Crippen LogP contribution in [0.25, 0.3) is 0 Å². The van der Waals surface area contributed by atoms with E-state index in [1.54, 1.807) is 0 Å². The van der Waals surface area contributed by atoms with Crippen LogP contribution in [0.3, 0.4) is 0 Å². The largest absolute Gasteiger partial charge is 0.330 e. The number of carbonyl (C=O) groups is 2. The quantitative estimate of drug-likeness (QED) is 0.779. The zero-order valence-electron chi connectivity index (χ0n) is 10.8. The fourth-order valence-electron chi connectivity index (χ4n) is 1.48. The number of rotatable bonds is 5. The van der Waals surface area contributed by atoms with E-state index in [0.29, 0.717) is 31.6 Å². The summed E-state index contributed by atoms with van der Waals surface area (Å²) >= 11 is 0. The van der Waals surface area contributed by atoms with Crippen molar-refractivity contribution in [1.82, 2.24) is 4.90 Å². The Morgan fingerprint density at radius 3 is 2.67 bits per heavy atom. The van der Waals surface area contributed by atoms with E-state index in [1.165, 1.54) is 0 Å². The van der Waals surface area contributed by atoms with E-state index >= 15 is 0 Å². The maximum atomic E-state index is 11.8. The highest BCUT2D eigenvalue weighted by Crippen LogP contribution is 2.14. The van der Waals surface area contributed by atoms with Gasteiger partial charge in [-0.15, -0.1) is 0 Å². The van der Waals surface area contributed by atoms with Crippen molar-refractivity contribution in [3.8, 4) is 0 Å². The molecule has 18 heavy (non-hydrogen) atoms. The summed E-state index contributed by atoms with van der Waals surface area (Å²) in [5.74, 6) is 0. The number of urea groups is 1. The molecule has 1 aromatic rings. The van der Waals surface area contributed by atoms with E-state index in [4.69, 9.17) is 5.73 Å². The number of nitrogens with one attached hydrogen (secondary N) is 1. The van der Waals surface area contributed by atoms with Gasteiger partial charge in [-0.05, 0) is 50.1 Å². The third-order valence-electron chi connectivity index (χ3n) is 2.75. The summed E-state index contributed by atoms with van der Waals surface area (Å²) in [6.07, 6.45) is 1.12. The second-order valence-corrected chi connectivity index (χ2v) is 4.17. The van der Waals surface area contributed by atoms with Crippen molar-refractivity contribution in [3.63, 3.8) is 0 Å². The number of benzene rings is 1. The fraction of sp³-hybridized carbons (Fsp3) is 0.385. The monoisotopic (exact) mass is 249 g/mol. The Kier molecular flexibility index (Phi) is 5.32. The van der Waals surface area contributed by atoms with Gasteiger partial charge in [-0.2, -0.15) is 0 Å². The van der Waals surface area contributed by atoms with Crippen molar-refractivity contribution in [2.45, 2.75) is 20.3 Å². The van der Waals surface area contributed by atoms with Gasteiger partial charge in [0.15, 0.2) is 0 Å². The summed E-state index contributed by atoms with van der Waals surface area (Å²) in [5, 5.41) is 2.68. The lowest BCUT2D eigenvalue weighted by atomic mass is 10.1. The average molecular weight is 249 g/mol. The molecular formula is C13H19N3O2. The van der Waals surface area contributed by atoms with Crippen LogP contribution in [0.1, 0.15) is 17.5 Å². The molecule has 0 unspecified atom stereocenters.